The maximum absolute atomic E-state index is 13.9. The Morgan fingerprint density at radius 3 is 2.06 bits per heavy atom. The van der Waals surface area contributed by atoms with Gasteiger partial charge >= 0.3 is 5.69 Å². The Balaban J connectivity index is 1.85. The lowest BCUT2D eigenvalue weighted by atomic mass is 10.2. The molecule has 0 atom stereocenters. The number of nitrogens with one attached hydrogen (secondary N) is 1. The molecule has 0 saturated carbocycles. The zero-order valence-electron chi connectivity index (χ0n) is 17.2. The summed E-state index contributed by atoms with van der Waals surface area (Å²) in [5.74, 6) is -13.2. The molecule has 0 heterocycles. The number of nitrogens with zero attached hydrogens (tertiary/aromatic N) is 3. The standard InChI is InChI=1S/C20H11F5N4O6/c1-34-14-6-9(8-26-27-11-4-3-10(28(30)31)7-12(11)29(32)33)2-5-13(14)35-20-18(24)16(22)15(21)17(23)19(20)25/h2-8,27H,1H3/b26-8-. The van der Waals surface area contributed by atoms with Crippen LogP contribution in [0.2, 0.25) is 0 Å². The summed E-state index contributed by atoms with van der Waals surface area (Å²) >= 11 is 0. The summed E-state index contributed by atoms with van der Waals surface area (Å²) in [6, 6.07) is 6.42. The number of non-ortho nitro benzene ring substituents is 1. The van der Waals surface area contributed by atoms with Gasteiger partial charge in [-0.25, -0.2) is 13.2 Å². The first kappa shape index (κ1) is 24.8. The van der Waals surface area contributed by atoms with Crippen molar-refractivity contribution in [3.63, 3.8) is 0 Å². The second-order valence-corrected chi connectivity index (χ2v) is 6.50. The van der Waals surface area contributed by atoms with E-state index in [2.05, 4.69) is 10.5 Å². The smallest absolute Gasteiger partial charge is 0.301 e. The van der Waals surface area contributed by atoms with Crippen LogP contribution in [0, 0.1) is 49.3 Å². The first-order chi connectivity index (χ1) is 16.5. The van der Waals surface area contributed by atoms with Crippen molar-refractivity contribution in [2.75, 3.05) is 12.5 Å². The third-order valence-corrected chi connectivity index (χ3v) is 4.36. The second-order valence-electron chi connectivity index (χ2n) is 6.50. The molecule has 0 aromatic heterocycles. The molecule has 0 aliphatic rings. The molecule has 1 N–H and O–H groups in total. The van der Waals surface area contributed by atoms with Gasteiger partial charge in [0.25, 0.3) is 5.69 Å². The van der Waals surface area contributed by atoms with Crippen LogP contribution in [0.3, 0.4) is 0 Å². The average molecular weight is 498 g/mol. The SMILES string of the molecule is COc1cc(/C=N\Nc2ccc([N+](=O)[O-])cc2[N+](=O)[O-])ccc1Oc1c(F)c(F)c(F)c(F)c1F. The summed E-state index contributed by atoms with van der Waals surface area (Å²) in [7, 11) is 1.14. The zero-order valence-corrected chi connectivity index (χ0v) is 17.2. The minimum absolute atomic E-state index is 0.157. The molecular formula is C20H11F5N4O6. The molecular weight excluding hydrogens is 487 g/mol. The third-order valence-electron chi connectivity index (χ3n) is 4.36. The van der Waals surface area contributed by atoms with Crippen LogP contribution in [0.4, 0.5) is 39.0 Å². The molecule has 0 aliphatic heterocycles. The highest BCUT2D eigenvalue weighted by molar-refractivity contribution is 5.82. The lowest BCUT2D eigenvalue weighted by Gasteiger charge is -2.13. The largest absolute Gasteiger partial charge is 0.493 e. The number of nitro benzene ring substituents is 2. The van der Waals surface area contributed by atoms with Crippen LogP contribution in [0.5, 0.6) is 17.2 Å². The van der Waals surface area contributed by atoms with Crippen LogP contribution in [0.25, 0.3) is 0 Å². The zero-order chi connectivity index (χ0) is 25.9. The molecule has 10 nitrogen and oxygen atoms in total. The number of hydrogen-bond donors (Lipinski definition) is 1. The summed E-state index contributed by atoms with van der Waals surface area (Å²) in [6.45, 7) is 0. The van der Waals surface area contributed by atoms with Gasteiger partial charge in [-0.1, -0.05) is 0 Å². The van der Waals surface area contributed by atoms with Gasteiger partial charge in [0.05, 0.1) is 29.2 Å². The monoisotopic (exact) mass is 498 g/mol. The van der Waals surface area contributed by atoms with Gasteiger partial charge in [0.1, 0.15) is 5.69 Å². The number of methoxy groups -OCH3 is 1. The van der Waals surface area contributed by atoms with Gasteiger partial charge in [-0.3, -0.25) is 25.7 Å². The van der Waals surface area contributed by atoms with Gasteiger partial charge in [0.15, 0.2) is 11.5 Å². The minimum atomic E-state index is -2.34. The molecule has 0 fully saturated rings. The van der Waals surface area contributed by atoms with Crippen molar-refractivity contribution in [2.24, 2.45) is 5.10 Å². The fourth-order valence-electron chi connectivity index (χ4n) is 2.69. The number of ether oxygens (including phenoxy) is 2. The van der Waals surface area contributed by atoms with Crippen LogP contribution < -0.4 is 14.9 Å². The molecule has 182 valence electrons. The van der Waals surface area contributed by atoms with E-state index in [1.165, 1.54) is 12.1 Å². The number of benzene rings is 3. The number of rotatable bonds is 8. The number of hydrazone groups is 1. The molecule has 3 rings (SSSR count). The highest BCUT2D eigenvalue weighted by Gasteiger charge is 2.28. The maximum Gasteiger partial charge on any atom is 0.301 e. The molecule has 0 spiro atoms. The highest BCUT2D eigenvalue weighted by Crippen LogP contribution is 2.37. The summed E-state index contributed by atoms with van der Waals surface area (Å²) in [4.78, 5) is 20.3. The number of hydrogen-bond acceptors (Lipinski definition) is 8. The van der Waals surface area contributed by atoms with E-state index in [0.717, 1.165) is 37.6 Å². The third kappa shape index (κ3) is 5.07. The van der Waals surface area contributed by atoms with Crippen molar-refractivity contribution in [1.82, 2.24) is 0 Å². The van der Waals surface area contributed by atoms with Crippen LogP contribution in [0.15, 0.2) is 41.5 Å². The highest BCUT2D eigenvalue weighted by atomic mass is 19.2. The van der Waals surface area contributed by atoms with Crippen molar-refractivity contribution < 1.29 is 41.3 Å². The Bertz CT molecular complexity index is 1340. The van der Waals surface area contributed by atoms with E-state index in [-0.39, 0.29) is 17.0 Å². The summed E-state index contributed by atoms with van der Waals surface area (Å²) in [5, 5.41) is 25.7. The van der Waals surface area contributed by atoms with Gasteiger partial charge in [0.2, 0.25) is 34.8 Å². The number of halogens is 5. The topological polar surface area (TPSA) is 129 Å². The maximum atomic E-state index is 13.9. The predicted octanol–water partition coefficient (Wildman–Crippen LogP) is 5.45. The van der Waals surface area contributed by atoms with Crippen molar-refractivity contribution in [3.8, 4) is 17.2 Å². The quantitative estimate of drug-likeness (QED) is 0.109. The van der Waals surface area contributed by atoms with Gasteiger partial charge in [-0.15, -0.1) is 0 Å². The van der Waals surface area contributed by atoms with Gasteiger partial charge in [-0.05, 0) is 29.8 Å². The molecule has 0 aliphatic carbocycles. The Morgan fingerprint density at radius 2 is 1.49 bits per heavy atom. The molecule has 15 heteroatoms. The fourth-order valence-corrected chi connectivity index (χ4v) is 2.69. The first-order valence-corrected chi connectivity index (χ1v) is 9.14. The molecule has 0 radical (unpaired) electrons. The summed E-state index contributed by atoms with van der Waals surface area (Å²) in [5.41, 5.74) is 1.33. The molecule has 3 aromatic rings. The van der Waals surface area contributed by atoms with Gasteiger partial charge in [-0.2, -0.15) is 13.9 Å². The normalized spacial score (nSPS) is 10.9. The summed E-state index contributed by atoms with van der Waals surface area (Å²) in [6.07, 6.45) is 1.13. The van der Waals surface area contributed by atoms with Crippen molar-refractivity contribution in [2.45, 2.75) is 0 Å². The van der Waals surface area contributed by atoms with Crippen molar-refractivity contribution in [3.05, 3.63) is 91.3 Å². The average Bonchev–Trinajstić information content (AvgIpc) is 2.84. The van der Waals surface area contributed by atoms with E-state index >= 15 is 0 Å². The van der Waals surface area contributed by atoms with Crippen LogP contribution >= 0.6 is 0 Å². The molecule has 0 saturated heterocycles. The van der Waals surface area contributed by atoms with Crippen LogP contribution in [-0.2, 0) is 0 Å². The number of nitro groups is 2. The van der Waals surface area contributed by atoms with E-state index < -0.39 is 61.8 Å². The van der Waals surface area contributed by atoms with Crippen molar-refractivity contribution in [1.29, 1.82) is 0 Å². The van der Waals surface area contributed by atoms with Crippen LogP contribution in [0.1, 0.15) is 5.56 Å². The van der Waals surface area contributed by atoms with E-state index in [4.69, 9.17) is 9.47 Å². The molecule has 3 aromatic carbocycles. The Hall–Kier alpha value is -4.82. The first-order valence-electron chi connectivity index (χ1n) is 9.14. The Labute approximate surface area is 191 Å². The molecule has 0 bridgehead atoms. The minimum Gasteiger partial charge on any atom is -0.493 e. The van der Waals surface area contributed by atoms with Gasteiger partial charge < -0.3 is 9.47 Å². The fraction of sp³-hybridized carbons (Fsp3) is 0.0500. The number of anilines is 1. The lowest BCUT2D eigenvalue weighted by Crippen LogP contribution is -2.04. The molecule has 35 heavy (non-hydrogen) atoms. The molecule has 0 unspecified atom stereocenters. The van der Waals surface area contributed by atoms with Crippen LogP contribution in [-0.4, -0.2) is 23.2 Å². The predicted molar refractivity (Wildman–Crippen MR) is 110 cm³/mol. The van der Waals surface area contributed by atoms with Crippen molar-refractivity contribution >= 4 is 23.3 Å². The van der Waals surface area contributed by atoms with E-state index in [0.29, 0.717) is 0 Å². The Kier molecular flexibility index (Phi) is 7.08. The van der Waals surface area contributed by atoms with E-state index in [1.54, 1.807) is 0 Å². The van der Waals surface area contributed by atoms with Gasteiger partial charge in [0, 0.05) is 6.07 Å². The Morgan fingerprint density at radius 1 is 0.857 bits per heavy atom. The van der Waals surface area contributed by atoms with E-state index in [1.807, 2.05) is 0 Å². The van der Waals surface area contributed by atoms with E-state index in [9.17, 15) is 42.2 Å². The second kappa shape index (κ2) is 9.98. The lowest BCUT2D eigenvalue weighted by molar-refractivity contribution is -0.393. The molecule has 0 amide bonds. The summed E-state index contributed by atoms with van der Waals surface area (Å²) < 4.78 is 77.7.